The molecular formula is C17H16N4O. The predicted octanol–water partition coefficient (Wildman–Crippen LogP) is 2.47. The topological polar surface area (TPSA) is 66.7 Å². The van der Waals surface area contributed by atoms with Gasteiger partial charge in [0.05, 0.1) is 36.2 Å². The zero-order valence-corrected chi connectivity index (χ0v) is 12.0. The number of hydrogen-bond acceptors (Lipinski definition) is 3. The number of aliphatic hydroxyl groups is 1. The van der Waals surface area contributed by atoms with Crippen LogP contribution in [0.2, 0.25) is 0 Å². The molecule has 22 heavy (non-hydrogen) atoms. The first-order valence-electron chi connectivity index (χ1n) is 7.66. The van der Waals surface area contributed by atoms with E-state index in [4.69, 9.17) is 0 Å². The molecule has 5 nitrogen and oxygen atoms in total. The Hall–Kier alpha value is -2.40. The summed E-state index contributed by atoms with van der Waals surface area (Å²) in [7, 11) is 0. The summed E-state index contributed by atoms with van der Waals surface area (Å²) in [6.07, 6.45) is 7.02. The van der Waals surface area contributed by atoms with E-state index in [-0.39, 0.29) is 12.0 Å². The molecule has 0 amide bonds. The van der Waals surface area contributed by atoms with Crippen molar-refractivity contribution in [1.82, 2.24) is 19.7 Å². The third kappa shape index (κ3) is 1.46. The van der Waals surface area contributed by atoms with Crippen LogP contribution in [0.4, 0.5) is 0 Å². The van der Waals surface area contributed by atoms with Gasteiger partial charge in [0.2, 0.25) is 0 Å². The standard InChI is InChI=1S/C17H16N4O/c22-17-13(6-5-10-7-19-20-15(10)17)16-12-4-2-1-3-11(12)14-8-18-9-21(14)16/h1-4,7-9,13,16-17,22H,5-6H2,(H,19,20)/t13-,16-,17?/m0/s1. The van der Waals surface area contributed by atoms with Crippen LogP contribution in [0.5, 0.6) is 0 Å². The quantitative estimate of drug-likeness (QED) is 0.724. The van der Waals surface area contributed by atoms with Crippen molar-refractivity contribution in [3.63, 3.8) is 0 Å². The van der Waals surface area contributed by atoms with Gasteiger partial charge in [-0.25, -0.2) is 4.98 Å². The van der Waals surface area contributed by atoms with E-state index in [0.29, 0.717) is 0 Å². The first kappa shape index (κ1) is 12.2. The number of nitrogens with zero attached hydrogens (tertiary/aromatic N) is 3. The van der Waals surface area contributed by atoms with Crippen molar-refractivity contribution in [2.24, 2.45) is 5.92 Å². The van der Waals surface area contributed by atoms with Crippen LogP contribution in [-0.4, -0.2) is 24.9 Å². The number of aryl methyl sites for hydroxylation is 1. The lowest BCUT2D eigenvalue weighted by atomic mass is 9.78. The maximum absolute atomic E-state index is 10.9. The second-order valence-electron chi connectivity index (χ2n) is 6.17. The minimum Gasteiger partial charge on any atom is -0.386 e. The lowest BCUT2D eigenvalue weighted by Gasteiger charge is -2.33. The van der Waals surface area contributed by atoms with Crippen LogP contribution in [-0.2, 0) is 6.42 Å². The lowest BCUT2D eigenvalue weighted by molar-refractivity contribution is 0.0684. The van der Waals surface area contributed by atoms with E-state index in [0.717, 1.165) is 29.8 Å². The number of hydrogen-bond donors (Lipinski definition) is 2. The van der Waals surface area contributed by atoms with Gasteiger partial charge in [0.1, 0.15) is 6.10 Å². The van der Waals surface area contributed by atoms with E-state index >= 15 is 0 Å². The van der Waals surface area contributed by atoms with Gasteiger partial charge in [0.25, 0.3) is 0 Å². The van der Waals surface area contributed by atoms with Crippen molar-refractivity contribution in [3.05, 3.63) is 59.8 Å². The number of aromatic nitrogens is 4. The van der Waals surface area contributed by atoms with Crippen LogP contribution in [0, 0.1) is 5.92 Å². The summed E-state index contributed by atoms with van der Waals surface area (Å²) in [6, 6.07) is 8.58. The summed E-state index contributed by atoms with van der Waals surface area (Å²) in [4.78, 5) is 4.31. The molecule has 3 atom stereocenters. The maximum atomic E-state index is 10.9. The van der Waals surface area contributed by atoms with Crippen LogP contribution >= 0.6 is 0 Å². The molecule has 1 unspecified atom stereocenters. The van der Waals surface area contributed by atoms with E-state index in [9.17, 15) is 5.11 Å². The highest BCUT2D eigenvalue weighted by Crippen LogP contribution is 2.49. The van der Waals surface area contributed by atoms with Gasteiger partial charge in [-0.05, 0) is 24.0 Å². The van der Waals surface area contributed by atoms with Gasteiger partial charge in [0, 0.05) is 11.5 Å². The van der Waals surface area contributed by atoms with Crippen molar-refractivity contribution in [2.45, 2.75) is 25.0 Å². The summed E-state index contributed by atoms with van der Waals surface area (Å²) >= 11 is 0. The van der Waals surface area contributed by atoms with Crippen molar-refractivity contribution >= 4 is 0 Å². The Balaban J connectivity index is 1.65. The van der Waals surface area contributed by atoms with Gasteiger partial charge in [0.15, 0.2) is 0 Å². The molecule has 0 saturated carbocycles. The van der Waals surface area contributed by atoms with E-state index in [1.54, 1.807) is 0 Å². The van der Waals surface area contributed by atoms with Crippen molar-refractivity contribution in [2.75, 3.05) is 0 Å². The first-order chi connectivity index (χ1) is 10.8. The van der Waals surface area contributed by atoms with Gasteiger partial charge < -0.3 is 9.67 Å². The number of H-pyrrole nitrogens is 1. The fourth-order valence-electron chi connectivity index (χ4n) is 4.11. The molecule has 3 heterocycles. The molecule has 0 saturated heterocycles. The molecule has 0 radical (unpaired) electrons. The molecule has 5 rings (SSSR count). The third-order valence-electron chi connectivity index (χ3n) is 5.13. The molecular weight excluding hydrogens is 276 g/mol. The molecule has 5 heteroatoms. The summed E-state index contributed by atoms with van der Waals surface area (Å²) in [6.45, 7) is 0. The smallest absolute Gasteiger partial charge is 0.101 e. The molecule has 0 fully saturated rings. The monoisotopic (exact) mass is 292 g/mol. The normalized spacial score (nSPS) is 25.6. The molecule has 3 aromatic rings. The number of imidazole rings is 1. The number of benzene rings is 1. The van der Waals surface area contributed by atoms with Gasteiger partial charge >= 0.3 is 0 Å². The average Bonchev–Trinajstić information content (AvgIpc) is 3.23. The Morgan fingerprint density at radius 1 is 1.23 bits per heavy atom. The van der Waals surface area contributed by atoms with Gasteiger partial charge in [-0.3, -0.25) is 5.10 Å². The fraction of sp³-hybridized carbons (Fsp3) is 0.294. The van der Waals surface area contributed by atoms with Gasteiger partial charge in [-0.15, -0.1) is 0 Å². The largest absolute Gasteiger partial charge is 0.386 e. The molecule has 1 aromatic carbocycles. The van der Waals surface area contributed by atoms with Crippen LogP contribution in [0.3, 0.4) is 0 Å². The van der Waals surface area contributed by atoms with Gasteiger partial charge in [-0.1, -0.05) is 24.3 Å². The minimum absolute atomic E-state index is 0.129. The summed E-state index contributed by atoms with van der Waals surface area (Å²) < 4.78 is 2.21. The number of aromatic amines is 1. The van der Waals surface area contributed by atoms with Crippen LogP contribution in [0.25, 0.3) is 11.3 Å². The molecule has 2 aliphatic rings. The Bertz CT molecular complexity index is 850. The Morgan fingerprint density at radius 2 is 2.14 bits per heavy atom. The summed E-state index contributed by atoms with van der Waals surface area (Å²) in [5.74, 6) is 0.129. The number of aliphatic hydroxyl groups excluding tert-OH is 1. The predicted molar refractivity (Wildman–Crippen MR) is 81.2 cm³/mol. The zero-order chi connectivity index (χ0) is 14.7. The molecule has 2 aromatic heterocycles. The average molecular weight is 292 g/mol. The van der Waals surface area contributed by atoms with E-state index in [1.807, 2.05) is 18.7 Å². The molecule has 0 spiro atoms. The van der Waals surface area contributed by atoms with Gasteiger partial charge in [-0.2, -0.15) is 5.10 Å². The number of nitrogens with one attached hydrogen (secondary N) is 1. The molecule has 1 aliphatic heterocycles. The van der Waals surface area contributed by atoms with Crippen LogP contribution in [0.1, 0.15) is 35.4 Å². The Labute approximate surface area is 127 Å². The molecule has 110 valence electrons. The number of rotatable bonds is 1. The van der Waals surface area contributed by atoms with E-state index in [1.165, 1.54) is 11.1 Å². The Kier molecular flexibility index (Phi) is 2.38. The van der Waals surface area contributed by atoms with E-state index in [2.05, 4.69) is 44.0 Å². The first-order valence-corrected chi connectivity index (χ1v) is 7.66. The summed E-state index contributed by atoms with van der Waals surface area (Å²) in [5.41, 5.74) is 5.67. The molecule has 2 N–H and O–H groups in total. The van der Waals surface area contributed by atoms with Crippen molar-refractivity contribution < 1.29 is 5.11 Å². The van der Waals surface area contributed by atoms with Crippen molar-refractivity contribution in [1.29, 1.82) is 0 Å². The van der Waals surface area contributed by atoms with E-state index < -0.39 is 6.10 Å². The van der Waals surface area contributed by atoms with Crippen LogP contribution < -0.4 is 0 Å². The van der Waals surface area contributed by atoms with Crippen LogP contribution in [0.15, 0.2) is 43.0 Å². The highest BCUT2D eigenvalue weighted by molar-refractivity contribution is 5.69. The summed E-state index contributed by atoms with van der Waals surface area (Å²) in [5, 5.41) is 17.9. The highest BCUT2D eigenvalue weighted by atomic mass is 16.3. The third-order valence-corrected chi connectivity index (χ3v) is 5.13. The highest BCUT2D eigenvalue weighted by Gasteiger charge is 2.41. The minimum atomic E-state index is -0.516. The molecule has 0 bridgehead atoms. The molecule has 1 aliphatic carbocycles. The fourth-order valence-corrected chi connectivity index (χ4v) is 4.11. The van der Waals surface area contributed by atoms with Crippen molar-refractivity contribution in [3.8, 4) is 11.3 Å². The maximum Gasteiger partial charge on any atom is 0.101 e. The SMILES string of the molecule is OC1c2[nH]ncc2CC[C@H]1[C@@H]1c2ccccc2-c2cncn21. The Morgan fingerprint density at radius 3 is 3.09 bits per heavy atom. The lowest BCUT2D eigenvalue weighted by Crippen LogP contribution is -2.28. The number of fused-ring (bicyclic) bond motifs is 4. The second kappa shape index (κ2) is 4.30. The second-order valence-corrected chi connectivity index (χ2v) is 6.17. The zero-order valence-electron chi connectivity index (χ0n) is 12.0.